The van der Waals surface area contributed by atoms with Crippen LogP contribution in [0.5, 0.6) is 0 Å². The van der Waals surface area contributed by atoms with Gasteiger partial charge in [0.05, 0.1) is 0 Å². The first-order valence-electron chi connectivity index (χ1n) is 6.90. The summed E-state index contributed by atoms with van der Waals surface area (Å²) in [6.07, 6.45) is 5.88. The van der Waals surface area contributed by atoms with E-state index in [0.717, 1.165) is 41.4 Å². The van der Waals surface area contributed by atoms with Crippen LogP contribution in [0.25, 0.3) is 0 Å². The van der Waals surface area contributed by atoms with Gasteiger partial charge < -0.3 is 5.11 Å². The summed E-state index contributed by atoms with van der Waals surface area (Å²) in [4.78, 5) is 0. The van der Waals surface area contributed by atoms with Crippen molar-refractivity contribution in [3.8, 4) is 0 Å². The zero-order valence-corrected chi connectivity index (χ0v) is 9.60. The van der Waals surface area contributed by atoms with Crippen LogP contribution in [0.15, 0.2) is 0 Å². The summed E-state index contributed by atoms with van der Waals surface area (Å²) in [7, 11) is 0. The molecule has 0 saturated heterocycles. The van der Waals surface area contributed by atoms with E-state index >= 15 is 0 Å². The zero-order valence-electron chi connectivity index (χ0n) is 9.60. The van der Waals surface area contributed by atoms with Crippen molar-refractivity contribution in [2.24, 2.45) is 47.3 Å². The molecule has 4 saturated carbocycles. The van der Waals surface area contributed by atoms with Crippen LogP contribution in [0.1, 0.15) is 32.6 Å². The van der Waals surface area contributed by atoms with E-state index in [0.29, 0.717) is 12.5 Å². The molecule has 0 aromatic heterocycles. The Balaban J connectivity index is 1.67. The topological polar surface area (TPSA) is 20.2 Å². The minimum atomic E-state index is 0.470. The Labute approximate surface area is 92.3 Å². The first-order valence-corrected chi connectivity index (χ1v) is 6.90. The van der Waals surface area contributed by atoms with Crippen LogP contribution in [-0.4, -0.2) is 11.7 Å². The Bertz CT molecular complexity index is 287. The number of hydrogen-bond donors (Lipinski definition) is 1. The number of hydrogen-bond acceptors (Lipinski definition) is 1. The molecule has 0 amide bonds. The highest BCUT2D eigenvalue weighted by molar-refractivity contribution is 5.11. The second-order valence-corrected chi connectivity index (χ2v) is 6.87. The van der Waals surface area contributed by atoms with E-state index in [1.807, 2.05) is 0 Å². The highest BCUT2D eigenvalue weighted by atomic mass is 16.3. The molecule has 4 aliphatic carbocycles. The number of aliphatic hydroxyl groups excluding tert-OH is 1. The Kier molecular flexibility index (Phi) is 1.68. The first kappa shape index (κ1) is 9.04. The van der Waals surface area contributed by atoms with Crippen LogP contribution >= 0.6 is 0 Å². The molecule has 8 atom stereocenters. The Morgan fingerprint density at radius 1 is 0.933 bits per heavy atom. The van der Waals surface area contributed by atoms with Crippen LogP contribution in [0.2, 0.25) is 0 Å². The van der Waals surface area contributed by atoms with Crippen LogP contribution in [-0.2, 0) is 0 Å². The van der Waals surface area contributed by atoms with Crippen LogP contribution < -0.4 is 0 Å². The molecule has 8 unspecified atom stereocenters. The Hall–Kier alpha value is -0.0400. The molecule has 84 valence electrons. The maximum atomic E-state index is 9.43. The van der Waals surface area contributed by atoms with E-state index in [4.69, 9.17) is 0 Å². The normalized spacial score (nSPS) is 65.2. The standard InChI is InChI=1S/C14H22O/c1-7-2-8-4-11(7)13-9-3-10(6-15)12(5-9)14(8)13/h7-15H,2-6H2,1H3. The van der Waals surface area contributed by atoms with Gasteiger partial charge in [-0.25, -0.2) is 0 Å². The lowest BCUT2D eigenvalue weighted by Gasteiger charge is -2.40. The Morgan fingerprint density at radius 2 is 1.60 bits per heavy atom. The molecule has 0 aromatic carbocycles. The molecule has 0 aromatic rings. The van der Waals surface area contributed by atoms with E-state index in [1.165, 1.54) is 19.3 Å². The molecular weight excluding hydrogens is 184 g/mol. The fourth-order valence-electron chi connectivity index (χ4n) is 6.28. The molecule has 1 N–H and O–H groups in total. The lowest BCUT2D eigenvalue weighted by atomic mass is 9.65. The minimum absolute atomic E-state index is 0.470. The molecule has 0 spiro atoms. The van der Waals surface area contributed by atoms with Gasteiger partial charge in [-0.15, -0.1) is 0 Å². The number of rotatable bonds is 1. The van der Waals surface area contributed by atoms with Crippen molar-refractivity contribution in [1.82, 2.24) is 0 Å². The predicted molar refractivity (Wildman–Crippen MR) is 59.1 cm³/mol. The van der Waals surface area contributed by atoms with Crippen LogP contribution in [0, 0.1) is 47.3 Å². The van der Waals surface area contributed by atoms with Crippen molar-refractivity contribution in [3.05, 3.63) is 0 Å². The first-order chi connectivity index (χ1) is 7.29. The molecule has 0 heterocycles. The van der Waals surface area contributed by atoms with Crippen molar-refractivity contribution in [2.45, 2.75) is 32.6 Å². The molecule has 4 rings (SSSR count). The van der Waals surface area contributed by atoms with Crippen molar-refractivity contribution < 1.29 is 5.11 Å². The van der Waals surface area contributed by atoms with Gasteiger partial charge in [-0.2, -0.15) is 0 Å². The van der Waals surface area contributed by atoms with E-state index in [-0.39, 0.29) is 0 Å². The minimum Gasteiger partial charge on any atom is -0.396 e. The number of fused-ring (bicyclic) bond motifs is 9. The summed E-state index contributed by atoms with van der Waals surface area (Å²) < 4.78 is 0. The van der Waals surface area contributed by atoms with Gasteiger partial charge in [0.15, 0.2) is 0 Å². The molecule has 4 fully saturated rings. The molecule has 4 bridgehead atoms. The third kappa shape index (κ3) is 0.945. The lowest BCUT2D eigenvalue weighted by molar-refractivity contribution is 0.0548. The molecule has 0 radical (unpaired) electrons. The maximum absolute atomic E-state index is 9.43. The summed E-state index contributed by atoms with van der Waals surface area (Å²) in [5.74, 6) is 7.90. The largest absolute Gasteiger partial charge is 0.396 e. The summed E-state index contributed by atoms with van der Waals surface area (Å²) in [5, 5.41) is 9.43. The predicted octanol–water partition coefficient (Wildman–Crippen LogP) is 2.54. The quantitative estimate of drug-likeness (QED) is 0.654. The van der Waals surface area contributed by atoms with Crippen LogP contribution in [0.4, 0.5) is 0 Å². The monoisotopic (exact) mass is 206 g/mol. The smallest absolute Gasteiger partial charge is 0.0462 e. The second-order valence-electron chi connectivity index (χ2n) is 6.87. The summed E-state index contributed by atoms with van der Waals surface area (Å²) in [5.41, 5.74) is 0. The highest BCUT2D eigenvalue weighted by Crippen LogP contribution is 2.69. The lowest BCUT2D eigenvalue weighted by Crippen LogP contribution is -2.36. The highest BCUT2D eigenvalue weighted by Gasteiger charge is 2.63. The molecule has 1 heteroatoms. The zero-order chi connectivity index (χ0) is 10.2. The van der Waals surface area contributed by atoms with E-state index in [2.05, 4.69) is 6.92 Å². The summed E-state index contributed by atoms with van der Waals surface area (Å²) in [6, 6.07) is 0. The molecule has 0 aliphatic heterocycles. The van der Waals surface area contributed by atoms with E-state index in [9.17, 15) is 5.11 Å². The van der Waals surface area contributed by atoms with Crippen molar-refractivity contribution in [1.29, 1.82) is 0 Å². The maximum Gasteiger partial charge on any atom is 0.0462 e. The van der Waals surface area contributed by atoms with Gasteiger partial charge in [0, 0.05) is 6.61 Å². The average molecular weight is 206 g/mol. The third-order valence-corrected chi connectivity index (χ3v) is 6.52. The summed E-state index contributed by atoms with van der Waals surface area (Å²) >= 11 is 0. The van der Waals surface area contributed by atoms with E-state index < -0.39 is 0 Å². The second kappa shape index (κ2) is 2.80. The van der Waals surface area contributed by atoms with Gasteiger partial charge in [-0.1, -0.05) is 6.92 Å². The van der Waals surface area contributed by atoms with Crippen molar-refractivity contribution >= 4 is 0 Å². The van der Waals surface area contributed by atoms with Crippen molar-refractivity contribution in [3.63, 3.8) is 0 Å². The molecule has 1 nitrogen and oxygen atoms in total. The van der Waals surface area contributed by atoms with Gasteiger partial charge in [0.1, 0.15) is 0 Å². The number of aliphatic hydroxyl groups is 1. The summed E-state index contributed by atoms with van der Waals surface area (Å²) in [6.45, 7) is 2.95. The van der Waals surface area contributed by atoms with Gasteiger partial charge in [-0.05, 0) is 73.0 Å². The fraction of sp³-hybridized carbons (Fsp3) is 1.00. The van der Waals surface area contributed by atoms with Crippen LogP contribution in [0.3, 0.4) is 0 Å². The van der Waals surface area contributed by atoms with Gasteiger partial charge >= 0.3 is 0 Å². The van der Waals surface area contributed by atoms with Gasteiger partial charge in [-0.3, -0.25) is 0 Å². The fourth-order valence-corrected chi connectivity index (χ4v) is 6.28. The third-order valence-electron chi connectivity index (χ3n) is 6.52. The molecule has 4 aliphatic rings. The molecule has 15 heavy (non-hydrogen) atoms. The van der Waals surface area contributed by atoms with E-state index in [1.54, 1.807) is 6.42 Å². The SMILES string of the molecule is CC1CC2CC1C1C3CC(CO)C(C3)C21. The average Bonchev–Trinajstić information content (AvgIpc) is 2.91. The Morgan fingerprint density at radius 3 is 2.40 bits per heavy atom. The van der Waals surface area contributed by atoms with Gasteiger partial charge in [0.25, 0.3) is 0 Å². The van der Waals surface area contributed by atoms with Gasteiger partial charge in [0.2, 0.25) is 0 Å². The van der Waals surface area contributed by atoms with Crippen molar-refractivity contribution in [2.75, 3.05) is 6.61 Å². The molecular formula is C14H22O.